The molecular weight excluding hydrogens is 290 g/mol. The first-order chi connectivity index (χ1) is 11.2. The van der Waals surface area contributed by atoms with Gasteiger partial charge in [0.15, 0.2) is 0 Å². The number of hydrogen-bond acceptors (Lipinski definition) is 5. The van der Waals surface area contributed by atoms with E-state index in [1.165, 1.54) is 0 Å². The summed E-state index contributed by atoms with van der Waals surface area (Å²) >= 11 is 0. The van der Waals surface area contributed by atoms with Gasteiger partial charge in [0, 0.05) is 44.1 Å². The SMILES string of the molecule is Cc1ccnc(NC[C@@H]2CCCO[C@H]2c2cnn(C)c2)c1C#N. The average Bonchev–Trinajstić information content (AvgIpc) is 2.99. The van der Waals surface area contributed by atoms with Crippen LogP contribution in [-0.4, -0.2) is 27.9 Å². The van der Waals surface area contributed by atoms with Crippen LogP contribution in [-0.2, 0) is 11.8 Å². The topological polar surface area (TPSA) is 75.8 Å². The molecule has 0 amide bonds. The van der Waals surface area contributed by atoms with Gasteiger partial charge in [-0.05, 0) is 31.4 Å². The number of aryl methyl sites for hydroxylation is 2. The van der Waals surface area contributed by atoms with Gasteiger partial charge >= 0.3 is 0 Å². The molecule has 0 unspecified atom stereocenters. The molecule has 0 spiro atoms. The van der Waals surface area contributed by atoms with Gasteiger partial charge in [-0.2, -0.15) is 10.4 Å². The standard InChI is InChI=1S/C17H21N5O/c1-12-5-6-19-17(15(12)8-18)20-9-13-4-3-7-23-16(13)14-10-21-22(2)11-14/h5-6,10-11,13,16H,3-4,7,9H2,1-2H3,(H,19,20)/t13-,16+/m0/s1. The number of anilines is 1. The zero-order valence-electron chi connectivity index (χ0n) is 13.5. The van der Waals surface area contributed by atoms with Crippen molar-refractivity contribution < 1.29 is 4.74 Å². The van der Waals surface area contributed by atoms with E-state index in [1.807, 2.05) is 32.4 Å². The fraction of sp³-hybridized carbons (Fsp3) is 0.471. The molecule has 1 aliphatic heterocycles. The molecule has 120 valence electrons. The maximum atomic E-state index is 9.30. The lowest BCUT2D eigenvalue weighted by Gasteiger charge is -2.31. The van der Waals surface area contributed by atoms with Crippen LogP contribution in [0, 0.1) is 24.2 Å². The number of nitrogens with zero attached hydrogens (tertiary/aromatic N) is 4. The van der Waals surface area contributed by atoms with Crippen molar-refractivity contribution in [2.24, 2.45) is 13.0 Å². The molecule has 3 rings (SSSR count). The molecule has 0 saturated carbocycles. The van der Waals surface area contributed by atoms with Crippen molar-refractivity contribution >= 4 is 5.82 Å². The van der Waals surface area contributed by atoms with Crippen LogP contribution < -0.4 is 5.32 Å². The summed E-state index contributed by atoms with van der Waals surface area (Å²) in [6, 6.07) is 4.08. The van der Waals surface area contributed by atoms with Crippen molar-refractivity contribution in [1.29, 1.82) is 5.26 Å². The third-order valence-corrected chi connectivity index (χ3v) is 4.30. The summed E-state index contributed by atoms with van der Waals surface area (Å²) in [5.41, 5.74) is 2.66. The minimum atomic E-state index is 0.0419. The highest BCUT2D eigenvalue weighted by Gasteiger charge is 2.28. The van der Waals surface area contributed by atoms with Gasteiger partial charge in [0.25, 0.3) is 0 Å². The van der Waals surface area contributed by atoms with Crippen LogP contribution in [0.1, 0.15) is 35.6 Å². The van der Waals surface area contributed by atoms with E-state index in [9.17, 15) is 5.26 Å². The Balaban J connectivity index is 1.73. The molecule has 2 aromatic heterocycles. The molecule has 1 N–H and O–H groups in total. The molecule has 3 heterocycles. The van der Waals surface area contributed by atoms with Crippen molar-refractivity contribution in [3.05, 3.63) is 41.3 Å². The van der Waals surface area contributed by atoms with Crippen molar-refractivity contribution in [2.45, 2.75) is 25.9 Å². The molecule has 1 aliphatic rings. The summed E-state index contributed by atoms with van der Waals surface area (Å²) in [5, 5.41) is 16.9. The largest absolute Gasteiger partial charge is 0.373 e. The number of hydrogen-bond donors (Lipinski definition) is 1. The van der Waals surface area contributed by atoms with Crippen LogP contribution >= 0.6 is 0 Å². The first-order valence-electron chi connectivity index (χ1n) is 7.88. The monoisotopic (exact) mass is 311 g/mol. The van der Waals surface area contributed by atoms with E-state index in [-0.39, 0.29) is 6.10 Å². The zero-order valence-corrected chi connectivity index (χ0v) is 13.5. The molecule has 0 radical (unpaired) electrons. The van der Waals surface area contributed by atoms with Gasteiger partial charge in [0.1, 0.15) is 11.9 Å². The van der Waals surface area contributed by atoms with E-state index >= 15 is 0 Å². The Hall–Kier alpha value is -2.39. The molecule has 6 nitrogen and oxygen atoms in total. The molecule has 2 atom stereocenters. The Kier molecular flexibility index (Phi) is 4.58. The Bertz CT molecular complexity index is 718. The highest BCUT2D eigenvalue weighted by atomic mass is 16.5. The van der Waals surface area contributed by atoms with Gasteiger partial charge in [0.05, 0.1) is 17.9 Å². The zero-order chi connectivity index (χ0) is 16.2. The van der Waals surface area contributed by atoms with Crippen molar-refractivity contribution in [1.82, 2.24) is 14.8 Å². The highest BCUT2D eigenvalue weighted by molar-refractivity contribution is 5.55. The van der Waals surface area contributed by atoms with Crippen molar-refractivity contribution in [2.75, 3.05) is 18.5 Å². The van der Waals surface area contributed by atoms with Crippen molar-refractivity contribution in [3.8, 4) is 6.07 Å². The van der Waals surface area contributed by atoms with E-state index in [4.69, 9.17) is 4.74 Å². The molecule has 0 aromatic carbocycles. The lowest BCUT2D eigenvalue weighted by Crippen LogP contribution is -2.28. The number of ether oxygens (including phenoxy) is 1. The molecule has 1 saturated heterocycles. The molecule has 2 aromatic rings. The molecule has 0 bridgehead atoms. The number of nitrogens with one attached hydrogen (secondary N) is 1. The normalized spacial score (nSPS) is 20.9. The van der Waals surface area contributed by atoms with Crippen LogP contribution in [0.3, 0.4) is 0 Å². The Labute approximate surface area is 136 Å². The summed E-state index contributed by atoms with van der Waals surface area (Å²) in [5.74, 6) is 0.991. The Morgan fingerprint density at radius 3 is 3.13 bits per heavy atom. The van der Waals surface area contributed by atoms with Gasteiger partial charge in [-0.15, -0.1) is 0 Å². The molecular formula is C17H21N5O. The predicted octanol–water partition coefficient (Wildman–Crippen LogP) is 2.58. The number of pyridine rings is 1. The lowest BCUT2D eigenvalue weighted by atomic mass is 9.91. The second-order valence-corrected chi connectivity index (χ2v) is 5.99. The molecule has 0 aliphatic carbocycles. The van der Waals surface area contributed by atoms with E-state index in [0.29, 0.717) is 17.3 Å². The average molecular weight is 311 g/mol. The fourth-order valence-electron chi connectivity index (χ4n) is 3.07. The smallest absolute Gasteiger partial charge is 0.144 e. The summed E-state index contributed by atoms with van der Waals surface area (Å²) in [6.07, 6.45) is 7.79. The van der Waals surface area contributed by atoms with E-state index in [0.717, 1.165) is 37.1 Å². The van der Waals surface area contributed by atoms with E-state index < -0.39 is 0 Å². The first kappa shape index (κ1) is 15.5. The van der Waals surface area contributed by atoms with Crippen LogP contribution in [0.25, 0.3) is 0 Å². The Morgan fingerprint density at radius 2 is 2.39 bits per heavy atom. The van der Waals surface area contributed by atoms with Gasteiger partial charge in [-0.3, -0.25) is 4.68 Å². The second-order valence-electron chi connectivity index (χ2n) is 5.99. The van der Waals surface area contributed by atoms with E-state index in [1.54, 1.807) is 10.9 Å². The quantitative estimate of drug-likeness (QED) is 0.939. The number of nitriles is 1. The van der Waals surface area contributed by atoms with Crippen LogP contribution in [0.15, 0.2) is 24.7 Å². The number of aromatic nitrogens is 3. The van der Waals surface area contributed by atoms with Gasteiger partial charge in [0.2, 0.25) is 0 Å². The maximum absolute atomic E-state index is 9.30. The summed E-state index contributed by atoms with van der Waals surface area (Å²) in [7, 11) is 1.91. The van der Waals surface area contributed by atoms with Crippen LogP contribution in [0.2, 0.25) is 0 Å². The number of rotatable bonds is 4. The van der Waals surface area contributed by atoms with Gasteiger partial charge in [-0.25, -0.2) is 4.98 Å². The summed E-state index contributed by atoms with van der Waals surface area (Å²) in [4.78, 5) is 4.31. The maximum Gasteiger partial charge on any atom is 0.144 e. The minimum Gasteiger partial charge on any atom is -0.373 e. The highest BCUT2D eigenvalue weighted by Crippen LogP contribution is 2.33. The fourth-order valence-corrected chi connectivity index (χ4v) is 3.07. The molecule has 23 heavy (non-hydrogen) atoms. The first-order valence-corrected chi connectivity index (χ1v) is 7.88. The van der Waals surface area contributed by atoms with Crippen LogP contribution in [0.5, 0.6) is 0 Å². The minimum absolute atomic E-state index is 0.0419. The predicted molar refractivity (Wildman–Crippen MR) is 86.8 cm³/mol. The molecule has 6 heteroatoms. The van der Waals surface area contributed by atoms with Gasteiger partial charge < -0.3 is 10.1 Å². The van der Waals surface area contributed by atoms with Gasteiger partial charge in [-0.1, -0.05) is 0 Å². The Morgan fingerprint density at radius 1 is 1.52 bits per heavy atom. The summed E-state index contributed by atoms with van der Waals surface area (Å²) < 4.78 is 7.78. The third-order valence-electron chi connectivity index (χ3n) is 4.30. The third kappa shape index (κ3) is 3.35. The second kappa shape index (κ2) is 6.80. The van der Waals surface area contributed by atoms with E-state index in [2.05, 4.69) is 21.5 Å². The molecule has 1 fully saturated rings. The van der Waals surface area contributed by atoms with Crippen molar-refractivity contribution in [3.63, 3.8) is 0 Å². The van der Waals surface area contributed by atoms with Crippen LogP contribution in [0.4, 0.5) is 5.82 Å². The lowest BCUT2D eigenvalue weighted by molar-refractivity contribution is -0.0239. The summed E-state index contributed by atoms with van der Waals surface area (Å²) in [6.45, 7) is 3.43.